The Morgan fingerprint density at radius 3 is 2.94 bits per heavy atom. The Kier molecular flexibility index (Phi) is 6.46. The molecule has 0 bridgehead atoms. The van der Waals surface area contributed by atoms with Crippen LogP contribution in [0, 0.1) is 0 Å². The lowest BCUT2D eigenvalue weighted by molar-refractivity contribution is -0.00499. The fraction of sp³-hybridized carbons (Fsp3) is 0.615. The van der Waals surface area contributed by atoms with Gasteiger partial charge in [-0.3, -0.25) is 4.79 Å². The zero-order valence-corrected chi connectivity index (χ0v) is 11.1. The van der Waals surface area contributed by atoms with Crippen molar-refractivity contribution in [3.05, 3.63) is 28.7 Å². The predicted octanol–water partition coefficient (Wildman–Crippen LogP) is 1.26. The summed E-state index contributed by atoms with van der Waals surface area (Å²) < 4.78 is 12.4. The summed E-state index contributed by atoms with van der Waals surface area (Å²) in [7, 11) is 0. The number of ether oxygens (including phenoxy) is 2. The standard InChI is InChI=1S/C13H22N2O3/c1-3-17-10-11(2)18-8-4-7-15-9-12(14)5-6-13(15)16/h5-6,9,11H,3-4,7-8,10,14H2,1-2H3. The number of hydrogen-bond donors (Lipinski definition) is 1. The maximum absolute atomic E-state index is 11.5. The average molecular weight is 254 g/mol. The molecule has 5 nitrogen and oxygen atoms in total. The summed E-state index contributed by atoms with van der Waals surface area (Å²) in [5.74, 6) is 0. The van der Waals surface area contributed by atoms with Gasteiger partial charge in [0.2, 0.25) is 0 Å². The molecule has 18 heavy (non-hydrogen) atoms. The SMILES string of the molecule is CCOCC(C)OCCCn1cc(N)ccc1=O. The summed E-state index contributed by atoms with van der Waals surface area (Å²) in [5, 5.41) is 0. The molecule has 0 aliphatic rings. The second-order valence-corrected chi connectivity index (χ2v) is 4.19. The summed E-state index contributed by atoms with van der Waals surface area (Å²) in [6.45, 7) is 6.46. The zero-order valence-electron chi connectivity index (χ0n) is 11.1. The van der Waals surface area contributed by atoms with Crippen molar-refractivity contribution in [3.63, 3.8) is 0 Å². The highest BCUT2D eigenvalue weighted by molar-refractivity contribution is 5.33. The highest BCUT2D eigenvalue weighted by atomic mass is 16.5. The first-order valence-electron chi connectivity index (χ1n) is 6.28. The molecule has 5 heteroatoms. The molecule has 0 spiro atoms. The van der Waals surface area contributed by atoms with E-state index in [1.54, 1.807) is 16.8 Å². The summed E-state index contributed by atoms with van der Waals surface area (Å²) in [6.07, 6.45) is 2.52. The van der Waals surface area contributed by atoms with E-state index in [-0.39, 0.29) is 11.7 Å². The molecule has 0 saturated heterocycles. The van der Waals surface area contributed by atoms with Gasteiger partial charge in [-0.2, -0.15) is 0 Å². The molecule has 1 aromatic heterocycles. The molecular weight excluding hydrogens is 232 g/mol. The van der Waals surface area contributed by atoms with E-state index in [1.807, 2.05) is 13.8 Å². The summed E-state index contributed by atoms with van der Waals surface area (Å²) >= 11 is 0. The molecule has 1 rings (SSSR count). The number of nitrogens with zero attached hydrogens (tertiary/aromatic N) is 1. The first-order valence-corrected chi connectivity index (χ1v) is 6.28. The molecule has 0 fully saturated rings. The number of pyridine rings is 1. The molecule has 0 amide bonds. The Morgan fingerprint density at radius 2 is 2.22 bits per heavy atom. The van der Waals surface area contributed by atoms with Crippen LogP contribution in [-0.4, -0.2) is 30.5 Å². The first kappa shape index (κ1) is 14.7. The maximum Gasteiger partial charge on any atom is 0.250 e. The molecule has 1 aromatic rings. The monoisotopic (exact) mass is 254 g/mol. The molecule has 0 aromatic carbocycles. The summed E-state index contributed by atoms with van der Waals surface area (Å²) in [5.41, 5.74) is 6.19. The molecule has 0 saturated carbocycles. The normalized spacial score (nSPS) is 12.6. The van der Waals surface area contributed by atoms with Gasteiger partial charge in [0.1, 0.15) is 0 Å². The largest absolute Gasteiger partial charge is 0.398 e. The minimum absolute atomic E-state index is 0.0356. The number of nitrogens with two attached hydrogens (primary N) is 1. The zero-order chi connectivity index (χ0) is 13.4. The molecule has 2 N–H and O–H groups in total. The van der Waals surface area contributed by atoms with Crippen LogP contribution in [0.25, 0.3) is 0 Å². The van der Waals surface area contributed by atoms with Crippen molar-refractivity contribution in [3.8, 4) is 0 Å². The number of anilines is 1. The topological polar surface area (TPSA) is 66.5 Å². The van der Waals surface area contributed by atoms with Crippen LogP contribution in [0.4, 0.5) is 5.69 Å². The van der Waals surface area contributed by atoms with E-state index in [9.17, 15) is 4.79 Å². The minimum Gasteiger partial charge on any atom is -0.398 e. The van der Waals surface area contributed by atoms with Gasteiger partial charge in [-0.1, -0.05) is 0 Å². The van der Waals surface area contributed by atoms with E-state index >= 15 is 0 Å². The summed E-state index contributed by atoms with van der Waals surface area (Å²) in [4.78, 5) is 11.5. The van der Waals surface area contributed by atoms with Gasteiger partial charge in [0.25, 0.3) is 5.56 Å². The Bertz CT molecular complexity index is 403. The van der Waals surface area contributed by atoms with Crippen molar-refractivity contribution in [1.29, 1.82) is 0 Å². The first-order chi connectivity index (χ1) is 8.63. The van der Waals surface area contributed by atoms with Crippen molar-refractivity contribution in [2.45, 2.75) is 32.9 Å². The second-order valence-electron chi connectivity index (χ2n) is 4.19. The van der Waals surface area contributed by atoms with Crippen molar-refractivity contribution in [2.75, 3.05) is 25.6 Å². The number of hydrogen-bond acceptors (Lipinski definition) is 4. The molecule has 1 atom stereocenters. The van der Waals surface area contributed by atoms with Crippen LogP contribution in [0.5, 0.6) is 0 Å². The average Bonchev–Trinajstić information content (AvgIpc) is 2.36. The third-order valence-corrected chi connectivity index (χ3v) is 2.51. The third kappa shape index (κ3) is 5.33. The van der Waals surface area contributed by atoms with E-state index in [2.05, 4.69) is 0 Å². The quantitative estimate of drug-likeness (QED) is 0.709. The number of nitrogen functional groups attached to an aromatic ring is 1. The van der Waals surface area contributed by atoms with Gasteiger partial charge in [0.15, 0.2) is 0 Å². The molecule has 1 unspecified atom stereocenters. The third-order valence-electron chi connectivity index (χ3n) is 2.51. The van der Waals surface area contributed by atoms with Crippen LogP contribution < -0.4 is 11.3 Å². The Morgan fingerprint density at radius 1 is 1.44 bits per heavy atom. The van der Waals surface area contributed by atoms with E-state index in [0.29, 0.717) is 32.1 Å². The van der Waals surface area contributed by atoms with Gasteiger partial charge in [0, 0.05) is 37.7 Å². The van der Waals surface area contributed by atoms with Crippen molar-refractivity contribution >= 4 is 5.69 Å². The van der Waals surface area contributed by atoms with Gasteiger partial charge < -0.3 is 19.8 Å². The minimum atomic E-state index is -0.0356. The fourth-order valence-electron chi connectivity index (χ4n) is 1.58. The molecular formula is C13H22N2O3. The fourth-order valence-corrected chi connectivity index (χ4v) is 1.58. The van der Waals surface area contributed by atoms with Crippen LogP contribution >= 0.6 is 0 Å². The van der Waals surface area contributed by atoms with Crippen molar-refractivity contribution < 1.29 is 9.47 Å². The van der Waals surface area contributed by atoms with E-state index < -0.39 is 0 Å². The van der Waals surface area contributed by atoms with E-state index in [4.69, 9.17) is 15.2 Å². The second kappa shape index (κ2) is 7.89. The van der Waals surface area contributed by atoms with Gasteiger partial charge >= 0.3 is 0 Å². The van der Waals surface area contributed by atoms with Crippen molar-refractivity contribution in [2.24, 2.45) is 0 Å². The molecule has 102 valence electrons. The highest BCUT2D eigenvalue weighted by Gasteiger charge is 2.02. The predicted molar refractivity (Wildman–Crippen MR) is 71.6 cm³/mol. The molecule has 0 aliphatic heterocycles. The van der Waals surface area contributed by atoms with Crippen molar-refractivity contribution in [1.82, 2.24) is 4.57 Å². The number of aromatic nitrogens is 1. The van der Waals surface area contributed by atoms with Gasteiger partial charge in [-0.15, -0.1) is 0 Å². The Hall–Kier alpha value is -1.33. The highest BCUT2D eigenvalue weighted by Crippen LogP contribution is 1.99. The Labute approximate surface area is 108 Å². The maximum atomic E-state index is 11.5. The van der Waals surface area contributed by atoms with Crippen LogP contribution in [0.15, 0.2) is 23.1 Å². The summed E-state index contributed by atoms with van der Waals surface area (Å²) in [6, 6.07) is 3.09. The lowest BCUT2D eigenvalue weighted by Crippen LogP contribution is -2.21. The smallest absolute Gasteiger partial charge is 0.250 e. The number of aryl methyl sites for hydroxylation is 1. The van der Waals surface area contributed by atoms with Gasteiger partial charge in [0.05, 0.1) is 12.7 Å². The van der Waals surface area contributed by atoms with E-state index in [1.165, 1.54) is 6.07 Å². The van der Waals surface area contributed by atoms with Crippen LogP contribution in [0.3, 0.4) is 0 Å². The molecule has 0 radical (unpaired) electrons. The van der Waals surface area contributed by atoms with E-state index in [0.717, 1.165) is 6.42 Å². The van der Waals surface area contributed by atoms with Gasteiger partial charge in [-0.05, 0) is 26.3 Å². The number of rotatable bonds is 8. The lowest BCUT2D eigenvalue weighted by Gasteiger charge is -2.13. The molecule has 0 aliphatic carbocycles. The van der Waals surface area contributed by atoms with Crippen LogP contribution in [0.1, 0.15) is 20.3 Å². The Balaban J connectivity index is 2.25. The van der Waals surface area contributed by atoms with Gasteiger partial charge in [-0.25, -0.2) is 0 Å². The van der Waals surface area contributed by atoms with Crippen LogP contribution in [-0.2, 0) is 16.0 Å². The lowest BCUT2D eigenvalue weighted by atomic mass is 10.3. The van der Waals surface area contributed by atoms with Crippen LogP contribution in [0.2, 0.25) is 0 Å². The molecule has 1 heterocycles.